The number of carbonyl (C=O) groups excluding carboxylic acids is 1. The van der Waals surface area contributed by atoms with E-state index in [1.807, 2.05) is 24.4 Å². The molecule has 1 amide bonds. The van der Waals surface area contributed by atoms with Crippen LogP contribution in [0.5, 0.6) is 0 Å². The van der Waals surface area contributed by atoms with E-state index < -0.39 is 11.6 Å². The van der Waals surface area contributed by atoms with Gasteiger partial charge in [0.2, 0.25) is 5.91 Å². The third kappa shape index (κ3) is 4.87. The Hall–Kier alpha value is -1.77. The van der Waals surface area contributed by atoms with Crippen molar-refractivity contribution in [3.63, 3.8) is 0 Å². The number of carbonyl (C=O) groups is 1. The topological polar surface area (TPSA) is 42.0 Å². The Morgan fingerprint density at radius 2 is 2.08 bits per heavy atom. The molecule has 25 heavy (non-hydrogen) atoms. The van der Waals surface area contributed by atoms with Gasteiger partial charge >= 0.3 is 0 Å². The summed E-state index contributed by atoms with van der Waals surface area (Å²) in [6, 6.07) is 7.57. The smallest absolute Gasteiger partial charge is 0.230 e. The molecule has 0 aliphatic rings. The van der Waals surface area contributed by atoms with E-state index in [0.717, 1.165) is 32.6 Å². The molecule has 8 heteroatoms. The Morgan fingerprint density at radius 1 is 1.24 bits per heavy atom. The zero-order valence-electron chi connectivity index (χ0n) is 13.2. The number of nitrogens with one attached hydrogen (secondary N) is 1. The molecule has 3 nitrogen and oxygen atoms in total. The van der Waals surface area contributed by atoms with Crippen LogP contribution in [0.4, 0.5) is 8.78 Å². The Kier molecular flexibility index (Phi) is 5.82. The van der Waals surface area contributed by atoms with Gasteiger partial charge in [0.25, 0.3) is 0 Å². The van der Waals surface area contributed by atoms with Crippen LogP contribution in [0, 0.1) is 18.6 Å². The first-order chi connectivity index (χ1) is 12.0. The van der Waals surface area contributed by atoms with Crippen molar-refractivity contribution in [2.75, 3.05) is 5.75 Å². The lowest BCUT2D eigenvalue weighted by Crippen LogP contribution is -2.24. The summed E-state index contributed by atoms with van der Waals surface area (Å²) in [5.74, 6) is -1.81. The second-order valence-corrected chi connectivity index (χ2v) is 8.44. The third-order valence-electron chi connectivity index (χ3n) is 3.25. The molecule has 0 saturated carbocycles. The Morgan fingerprint density at radius 3 is 2.80 bits per heavy atom. The van der Waals surface area contributed by atoms with E-state index in [0.29, 0.717) is 11.4 Å². The monoisotopic (exact) mass is 396 g/mol. The second kappa shape index (κ2) is 8.07. The molecule has 0 saturated heterocycles. The zero-order valence-corrected chi connectivity index (χ0v) is 15.7. The largest absolute Gasteiger partial charge is 0.350 e. The number of benzene rings is 1. The van der Waals surface area contributed by atoms with E-state index in [9.17, 15) is 13.6 Å². The number of rotatable bonds is 6. The lowest BCUT2D eigenvalue weighted by Gasteiger charge is -2.04. The van der Waals surface area contributed by atoms with Crippen LogP contribution >= 0.6 is 34.4 Å². The van der Waals surface area contributed by atoms with Gasteiger partial charge in [-0.2, -0.15) is 0 Å². The number of thioether (sulfide) groups is 1. The van der Waals surface area contributed by atoms with Crippen LogP contribution in [0.1, 0.15) is 9.88 Å². The summed E-state index contributed by atoms with van der Waals surface area (Å²) in [5, 5.41) is 5.87. The Balaban J connectivity index is 1.49. The van der Waals surface area contributed by atoms with Crippen LogP contribution in [0.3, 0.4) is 0 Å². The molecule has 130 valence electrons. The summed E-state index contributed by atoms with van der Waals surface area (Å²) in [5.41, 5.74) is 0.957. The number of nitrogens with zero attached hydrogens (tertiary/aromatic N) is 1. The van der Waals surface area contributed by atoms with Crippen molar-refractivity contribution in [1.29, 1.82) is 0 Å². The van der Waals surface area contributed by atoms with Gasteiger partial charge in [-0.25, -0.2) is 13.8 Å². The molecule has 3 aromatic rings. The predicted octanol–water partition coefficient (Wildman–Crippen LogP) is 4.87. The number of aryl methyl sites for hydroxylation is 1. The van der Waals surface area contributed by atoms with Crippen molar-refractivity contribution in [2.45, 2.75) is 18.4 Å². The molecule has 0 radical (unpaired) electrons. The van der Waals surface area contributed by atoms with Gasteiger partial charge in [-0.15, -0.1) is 34.4 Å². The lowest BCUT2D eigenvalue weighted by molar-refractivity contribution is -0.118. The van der Waals surface area contributed by atoms with E-state index in [-0.39, 0.29) is 11.7 Å². The Bertz CT molecular complexity index is 892. The predicted molar refractivity (Wildman–Crippen MR) is 99.1 cm³/mol. The van der Waals surface area contributed by atoms with Crippen molar-refractivity contribution in [3.05, 3.63) is 57.2 Å². The molecule has 0 atom stereocenters. The molecule has 0 unspecified atom stereocenters. The van der Waals surface area contributed by atoms with Crippen LogP contribution in [0.15, 0.2) is 40.6 Å². The van der Waals surface area contributed by atoms with E-state index in [1.165, 1.54) is 17.8 Å². The molecule has 3 rings (SSSR count). The highest BCUT2D eigenvalue weighted by Crippen LogP contribution is 2.29. The molecule has 1 aromatic carbocycles. The average molecular weight is 397 g/mol. The van der Waals surface area contributed by atoms with Gasteiger partial charge in [0.05, 0.1) is 27.9 Å². The zero-order chi connectivity index (χ0) is 17.8. The normalized spacial score (nSPS) is 10.8. The van der Waals surface area contributed by atoms with Crippen LogP contribution in [-0.2, 0) is 11.3 Å². The molecular formula is C17H14F2N2OS3. The fraction of sp³-hybridized carbons (Fsp3) is 0.176. The summed E-state index contributed by atoms with van der Waals surface area (Å²) in [6.07, 6.45) is 0. The second-order valence-electron chi connectivity index (χ2n) is 5.16. The molecule has 0 bridgehead atoms. The fourth-order valence-electron chi connectivity index (χ4n) is 2.04. The maximum absolute atomic E-state index is 13.1. The van der Waals surface area contributed by atoms with Gasteiger partial charge in [0.15, 0.2) is 11.6 Å². The summed E-state index contributed by atoms with van der Waals surface area (Å²) in [7, 11) is 0. The number of hydrogen-bond acceptors (Lipinski definition) is 5. The first kappa shape index (κ1) is 18.0. The summed E-state index contributed by atoms with van der Waals surface area (Å²) >= 11 is 4.36. The summed E-state index contributed by atoms with van der Waals surface area (Å²) < 4.78 is 26.0. The number of aromatic nitrogens is 1. The van der Waals surface area contributed by atoms with Crippen LogP contribution in [0.2, 0.25) is 0 Å². The first-order valence-electron chi connectivity index (χ1n) is 7.37. The highest BCUT2D eigenvalue weighted by molar-refractivity contribution is 8.00. The number of thiophene rings is 1. The third-order valence-corrected chi connectivity index (χ3v) is 6.13. The molecule has 0 aliphatic heterocycles. The van der Waals surface area contributed by atoms with Gasteiger partial charge < -0.3 is 5.32 Å². The van der Waals surface area contributed by atoms with Crippen molar-refractivity contribution in [1.82, 2.24) is 10.3 Å². The summed E-state index contributed by atoms with van der Waals surface area (Å²) in [6.45, 7) is 2.40. The van der Waals surface area contributed by atoms with Crippen LogP contribution in [0.25, 0.3) is 10.6 Å². The molecule has 0 spiro atoms. The van der Waals surface area contributed by atoms with Gasteiger partial charge in [-0.3, -0.25) is 4.79 Å². The SMILES string of the molecule is Cc1nc(-c2ccc(CNC(=O)CSc3ccc(F)c(F)c3)s2)cs1. The highest BCUT2D eigenvalue weighted by atomic mass is 32.2. The van der Waals surface area contributed by atoms with Crippen molar-refractivity contribution in [3.8, 4) is 10.6 Å². The summed E-state index contributed by atoms with van der Waals surface area (Å²) in [4.78, 5) is 19.0. The molecule has 0 fully saturated rings. The minimum Gasteiger partial charge on any atom is -0.350 e. The van der Waals surface area contributed by atoms with E-state index in [4.69, 9.17) is 0 Å². The minimum atomic E-state index is -0.909. The van der Waals surface area contributed by atoms with Crippen molar-refractivity contribution >= 4 is 40.3 Å². The van der Waals surface area contributed by atoms with Gasteiger partial charge in [0, 0.05) is 15.2 Å². The molecule has 0 aliphatic carbocycles. The quantitative estimate of drug-likeness (QED) is 0.605. The van der Waals surface area contributed by atoms with Gasteiger partial charge in [-0.1, -0.05) is 0 Å². The van der Waals surface area contributed by atoms with Gasteiger partial charge in [0.1, 0.15) is 0 Å². The van der Waals surface area contributed by atoms with Gasteiger partial charge in [-0.05, 0) is 37.3 Å². The molecule has 2 heterocycles. The van der Waals surface area contributed by atoms with Crippen molar-refractivity contribution < 1.29 is 13.6 Å². The average Bonchev–Trinajstić information content (AvgIpc) is 3.23. The molecule has 2 aromatic heterocycles. The van der Waals surface area contributed by atoms with Crippen LogP contribution < -0.4 is 5.32 Å². The minimum absolute atomic E-state index is 0.147. The van der Waals surface area contributed by atoms with E-state index in [1.54, 1.807) is 22.7 Å². The molecular weight excluding hydrogens is 382 g/mol. The fourth-order valence-corrected chi connectivity index (χ4v) is 4.39. The lowest BCUT2D eigenvalue weighted by atomic mass is 10.3. The number of halogens is 2. The Labute approximate surface area is 156 Å². The van der Waals surface area contributed by atoms with E-state index in [2.05, 4.69) is 10.3 Å². The standard InChI is InChI=1S/C17H14F2N2OS3/c1-10-21-15(8-23-10)16-5-3-12(25-16)7-20-17(22)9-24-11-2-4-13(18)14(19)6-11/h2-6,8H,7,9H2,1H3,(H,20,22). The number of thiazole rings is 1. The number of hydrogen-bond donors (Lipinski definition) is 1. The maximum Gasteiger partial charge on any atom is 0.230 e. The van der Waals surface area contributed by atoms with Crippen LogP contribution in [-0.4, -0.2) is 16.6 Å². The molecule has 1 N–H and O–H groups in total. The maximum atomic E-state index is 13.1. The van der Waals surface area contributed by atoms with Crippen molar-refractivity contribution in [2.24, 2.45) is 0 Å². The number of amides is 1. The first-order valence-corrected chi connectivity index (χ1v) is 10.0. The highest BCUT2D eigenvalue weighted by Gasteiger charge is 2.09. The van der Waals surface area contributed by atoms with E-state index >= 15 is 0 Å².